The van der Waals surface area contributed by atoms with E-state index in [2.05, 4.69) is 17.1 Å². The van der Waals surface area contributed by atoms with Gasteiger partial charge in [-0.2, -0.15) is 13.2 Å². The van der Waals surface area contributed by atoms with Crippen molar-refractivity contribution in [2.24, 2.45) is 5.92 Å². The number of hydrogen-bond acceptors (Lipinski definition) is 3. The van der Waals surface area contributed by atoms with Crippen LogP contribution in [0.5, 0.6) is 5.88 Å². The number of fused-ring (bicyclic) bond motifs is 4. The number of ether oxygens (including phenoxy) is 1. The summed E-state index contributed by atoms with van der Waals surface area (Å²) in [5.41, 5.74) is 5.67. The van der Waals surface area contributed by atoms with E-state index >= 15 is 0 Å². The molecule has 2 unspecified atom stereocenters. The van der Waals surface area contributed by atoms with Crippen molar-refractivity contribution < 1.29 is 27.8 Å². The van der Waals surface area contributed by atoms with Crippen LogP contribution in [0, 0.1) is 5.92 Å². The number of aryl methyl sites for hydroxylation is 1. The molecule has 0 amide bonds. The Kier molecular flexibility index (Phi) is 6.26. The van der Waals surface area contributed by atoms with Gasteiger partial charge in [0.2, 0.25) is 5.88 Å². The number of benzene rings is 2. The summed E-state index contributed by atoms with van der Waals surface area (Å²) < 4.78 is 47.0. The Morgan fingerprint density at radius 2 is 1.86 bits per heavy atom. The molecule has 0 bridgehead atoms. The fourth-order valence-electron chi connectivity index (χ4n) is 5.69. The molecule has 0 radical (unpaired) electrons. The minimum absolute atomic E-state index is 0.249. The van der Waals surface area contributed by atoms with Gasteiger partial charge >= 0.3 is 6.18 Å². The Bertz CT molecular complexity index is 1240. The summed E-state index contributed by atoms with van der Waals surface area (Å²) in [7, 11) is 0. The Morgan fingerprint density at radius 1 is 1.06 bits per heavy atom. The molecule has 182 valence electrons. The summed E-state index contributed by atoms with van der Waals surface area (Å²) in [5.74, 6) is 1.89. The van der Waals surface area contributed by atoms with E-state index < -0.39 is 11.7 Å². The zero-order valence-electron chi connectivity index (χ0n) is 19.1. The van der Waals surface area contributed by atoms with Crippen LogP contribution >= 0.6 is 0 Å². The average Bonchev–Trinajstić information content (AvgIpc) is 3.52. The van der Waals surface area contributed by atoms with Gasteiger partial charge in [-0.15, -0.1) is 0 Å². The SMILES string of the molecule is FC(F)(F)c1ccccc1C1CCCc2ccc(COc3cc4c(cn3)C3C[C@@H]3C4)cc21.O=CO. The smallest absolute Gasteiger partial charge is 0.416 e. The van der Waals surface area contributed by atoms with Crippen LogP contribution in [0.2, 0.25) is 0 Å². The molecule has 0 aliphatic heterocycles. The molecule has 3 atom stereocenters. The molecule has 1 saturated carbocycles. The maximum absolute atomic E-state index is 13.7. The van der Waals surface area contributed by atoms with E-state index in [9.17, 15) is 13.2 Å². The summed E-state index contributed by atoms with van der Waals surface area (Å²) >= 11 is 0. The van der Waals surface area contributed by atoms with Gasteiger partial charge in [0.1, 0.15) is 6.61 Å². The number of aromatic nitrogens is 1. The third-order valence-electron chi connectivity index (χ3n) is 7.36. The van der Waals surface area contributed by atoms with Gasteiger partial charge in [-0.05, 0) is 83.4 Å². The predicted octanol–water partition coefficient (Wildman–Crippen LogP) is 6.51. The van der Waals surface area contributed by atoms with E-state index in [4.69, 9.17) is 14.6 Å². The van der Waals surface area contributed by atoms with E-state index in [0.29, 0.717) is 24.0 Å². The molecular weight excluding hydrogens is 455 g/mol. The second kappa shape index (κ2) is 9.36. The highest BCUT2D eigenvalue weighted by Gasteiger charge is 2.45. The highest BCUT2D eigenvalue weighted by molar-refractivity contribution is 5.46. The van der Waals surface area contributed by atoms with E-state index in [1.54, 1.807) is 12.1 Å². The molecule has 3 aliphatic carbocycles. The first-order valence-corrected chi connectivity index (χ1v) is 11.9. The van der Waals surface area contributed by atoms with Crippen LogP contribution in [0.25, 0.3) is 0 Å². The number of alkyl halides is 3. The lowest BCUT2D eigenvalue weighted by atomic mass is 9.77. The number of carbonyl (C=O) groups is 1. The van der Waals surface area contributed by atoms with Crippen LogP contribution in [0.3, 0.4) is 0 Å². The monoisotopic (exact) mass is 481 g/mol. The summed E-state index contributed by atoms with van der Waals surface area (Å²) in [6, 6.07) is 14.2. The van der Waals surface area contributed by atoms with Gasteiger partial charge in [-0.3, -0.25) is 4.79 Å². The third kappa shape index (κ3) is 4.77. The number of rotatable bonds is 4. The Hall–Kier alpha value is -3.35. The highest BCUT2D eigenvalue weighted by atomic mass is 19.4. The van der Waals surface area contributed by atoms with Crippen LogP contribution in [0.1, 0.15) is 70.0 Å². The van der Waals surface area contributed by atoms with Crippen LogP contribution in [-0.2, 0) is 30.4 Å². The van der Waals surface area contributed by atoms with Gasteiger partial charge in [0.25, 0.3) is 6.47 Å². The summed E-state index contributed by atoms with van der Waals surface area (Å²) in [5, 5.41) is 6.89. The fraction of sp³-hybridized carbons (Fsp3) is 0.357. The van der Waals surface area contributed by atoms with Crippen molar-refractivity contribution in [3.8, 4) is 5.88 Å². The van der Waals surface area contributed by atoms with Crippen molar-refractivity contribution in [3.63, 3.8) is 0 Å². The van der Waals surface area contributed by atoms with Crippen LogP contribution < -0.4 is 4.74 Å². The second-order valence-electron chi connectivity index (χ2n) is 9.48. The number of carboxylic acid groups (broad SMARTS) is 1. The van der Waals surface area contributed by atoms with Gasteiger partial charge in [-0.1, -0.05) is 36.4 Å². The van der Waals surface area contributed by atoms with Crippen molar-refractivity contribution in [2.45, 2.75) is 56.7 Å². The standard InChI is InChI=1S/C27H24F3NO.CH2O2/c28-27(29,30)25-7-2-1-5-21(25)20-6-3-4-17-9-8-16(10-22(17)20)15-32-26-13-19-11-18-12-23(18)24(19)14-31-26;2-1-3/h1-2,5,7-10,13-14,18,20,23H,3-4,6,11-12,15H2;1H,(H,2,3)/t18-,20?,23?;/m0./s1. The zero-order chi connectivity index (χ0) is 24.6. The van der Waals surface area contributed by atoms with E-state index in [1.165, 1.54) is 29.7 Å². The molecule has 3 aliphatic rings. The van der Waals surface area contributed by atoms with Gasteiger partial charge in [0.15, 0.2) is 0 Å². The summed E-state index contributed by atoms with van der Waals surface area (Å²) in [6.07, 6.45) is 2.53. The number of nitrogens with zero attached hydrogens (tertiary/aromatic N) is 1. The second-order valence-corrected chi connectivity index (χ2v) is 9.48. The Balaban J connectivity index is 0.000000806. The topological polar surface area (TPSA) is 59.4 Å². The number of pyridine rings is 1. The van der Waals surface area contributed by atoms with Crippen molar-refractivity contribution in [1.29, 1.82) is 0 Å². The zero-order valence-corrected chi connectivity index (χ0v) is 19.1. The van der Waals surface area contributed by atoms with Crippen molar-refractivity contribution in [3.05, 3.63) is 93.7 Å². The molecule has 1 aromatic heterocycles. The van der Waals surface area contributed by atoms with Gasteiger partial charge in [0, 0.05) is 18.2 Å². The largest absolute Gasteiger partial charge is 0.483 e. The molecule has 6 rings (SSSR count). The fourth-order valence-corrected chi connectivity index (χ4v) is 5.69. The highest BCUT2D eigenvalue weighted by Crippen LogP contribution is 2.56. The van der Waals surface area contributed by atoms with Crippen LogP contribution in [-0.4, -0.2) is 16.6 Å². The molecule has 7 heteroatoms. The lowest BCUT2D eigenvalue weighted by molar-refractivity contribution is -0.138. The van der Waals surface area contributed by atoms with E-state index in [0.717, 1.165) is 48.3 Å². The van der Waals surface area contributed by atoms with Crippen molar-refractivity contribution in [1.82, 2.24) is 4.98 Å². The third-order valence-corrected chi connectivity index (χ3v) is 7.36. The van der Waals surface area contributed by atoms with Crippen LogP contribution in [0.15, 0.2) is 54.7 Å². The molecule has 1 heterocycles. The average molecular weight is 482 g/mol. The van der Waals surface area contributed by atoms with Crippen molar-refractivity contribution >= 4 is 6.47 Å². The Morgan fingerprint density at radius 3 is 2.66 bits per heavy atom. The van der Waals surface area contributed by atoms with Crippen LogP contribution in [0.4, 0.5) is 13.2 Å². The molecule has 2 aromatic carbocycles. The molecule has 0 saturated heterocycles. The molecule has 35 heavy (non-hydrogen) atoms. The first-order valence-electron chi connectivity index (χ1n) is 11.9. The maximum atomic E-state index is 13.7. The summed E-state index contributed by atoms with van der Waals surface area (Å²) in [6.45, 7) is 0.111. The number of hydrogen-bond donors (Lipinski definition) is 1. The first-order chi connectivity index (χ1) is 16.9. The maximum Gasteiger partial charge on any atom is 0.416 e. The minimum Gasteiger partial charge on any atom is -0.483 e. The molecule has 1 fully saturated rings. The Labute approximate surface area is 201 Å². The molecule has 0 spiro atoms. The normalized spacial score (nSPS) is 21.6. The quantitative estimate of drug-likeness (QED) is 0.432. The lowest BCUT2D eigenvalue weighted by Gasteiger charge is -2.28. The van der Waals surface area contributed by atoms with Crippen molar-refractivity contribution in [2.75, 3.05) is 0 Å². The predicted molar refractivity (Wildman–Crippen MR) is 124 cm³/mol. The molecular formula is C28H26F3NO3. The lowest BCUT2D eigenvalue weighted by Crippen LogP contribution is -2.17. The molecule has 1 N–H and O–H groups in total. The van der Waals surface area contributed by atoms with E-state index in [1.807, 2.05) is 18.3 Å². The summed E-state index contributed by atoms with van der Waals surface area (Å²) in [4.78, 5) is 12.8. The van der Waals surface area contributed by atoms with Gasteiger partial charge in [0.05, 0.1) is 5.56 Å². The molecule has 4 nitrogen and oxygen atoms in total. The van der Waals surface area contributed by atoms with Gasteiger partial charge < -0.3 is 9.84 Å². The van der Waals surface area contributed by atoms with Gasteiger partial charge in [-0.25, -0.2) is 4.98 Å². The first kappa shape index (κ1) is 23.4. The van der Waals surface area contributed by atoms with E-state index in [-0.39, 0.29) is 12.4 Å². The number of halogens is 3. The molecule has 3 aromatic rings. The minimum atomic E-state index is -4.35.